The minimum Gasteiger partial charge on any atom is -0.496 e. The maximum Gasteiger partial charge on any atom is 0.263 e. The lowest BCUT2D eigenvalue weighted by Crippen LogP contribution is -2.35. The van der Waals surface area contributed by atoms with Crippen molar-refractivity contribution in [3.63, 3.8) is 0 Å². The van der Waals surface area contributed by atoms with E-state index in [2.05, 4.69) is 15.5 Å². The molecule has 1 fully saturated rings. The minimum atomic E-state index is -0.363. The first-order chi connectivity index (χ1) is 15.5. The number of hydrogen-bond donors (Lipinski definition) is 2. The molecule has 172 valence electrons. The van der Waals surface area contributed by atoms with Crippen LogP contribution in [-0.2, 0) is 0 Å². The smallest absolute Gasteiger partial charge is 0.263 e. The largest absolute Gasteiger partial charge is 0.496 e. The fourth-order valence-electron chi connectivity index (χ4n) is 3.88. The number of benzene rings is 2. The van der Waals surface area contributed by atoms with Crippen molar-refractivity contribution in [2.24, 2.45) is 0 Å². The molecule has 1 aliphatic heterocycles. The van der Waals surface area contributed by atoms with Gasteiger partial charge in [-0.15, -0.1) is 0 Å². The van der Waals surface area contributed by atoms with Crippen LogP contribution >= 0.6 is 0 Å². The van der Waals surface area contributed by atoms with Crippen LogP contribution in [0.25, 0.3) is 0 Å². The highest BCUT2D eigenvalue weighted by atomic mass is 16.5. The summed E-state index contributed by atoms with van der Waals surface area (Å²) in [6, 6.07) is 10.8. The van der Waals surface area contributed by atoms with E-state index < -0.39 is 0 Å². The first kappa shape index (κ1) is 23.4. The Morgan fingerprint density at radius 3 is 2.25 bits per heavy atom. The molecule has 3 rings (SSSR count). The van der Waals surface area contributed by atoms with Crippen molar-refractivity contribution in [1.82, 2.24) is 5.32 Å². The third-order valence-corrected chi connectivity index (χ3v) is 5.84. The van der Waals surface area contributed by atoms with Crippen LogP contribution in [0.4, 0.5) is 11.4 Å². The van der Waals surface area contributed by atoms with Gasteiger partial charge in [-0.3, -0.25) is 9.59 Å². The predicted octanol–water partition coefficient (Wildman–Crippen LogP) is 4.47. The number of piperidine rings is 1. The Morgan fingerprint density at radius 2 is 1.66 bits per heavy atom. The van der Waals surface area contributed by atoms with E-state index >= 15 is 0 Å². The van der Waals surface area contributed by atoms with Crippen molar-refractivity contribution < 1.29 is 19.1 Å². The quantitative estimate of drug-likeness (QED) is 0.634. The number of carbonyl (C=O) groups excluding carboxylic acids is 2. The van der Waals surface area contributed by atoms with Crippen molar-refractivity contribution in [2.45, 2.75) is 45.6 Å². The van der Waals surface area contributed by atoms with Gasteiger partial charge in [0, 0.05) is 30.5 Å². The third kappa shape index (κ3) is 5.33. The monoisotopic (exact) mass is 439 g/mol. The van der Waals surface area contributed by atoms with Gasteiger partial charge < -0.3 is 25.0 Å². The first-order valence-electron chi connectivity index (χ1n) is 11.2. The molecule has 0 aliphatic carbocycles. The van der Waals surface area contributed by atoms with Gasteiger partial charge in [0.1, 0.15) is 17.1 Å². The van der Waals surface area contributed by atoms with E-state index in [9.17, 15) is 9.59 Å². The molecule has 0 saturated carbocycles. The van der Waals surface area contributed by atoms with Crippen LogP contribution in [0, 0.1) is 0 Å². The molecule has 7 nitrogen and oxygen atoms in total. The second-order valence-electron chi connectivity index (χ2n) is 8.05. The molecule has 0 aromatic heterocycles. The SMILES string of the molecule is CCC(C)NC(=O)c1cc(NC(=O)c2c(OC)cccc2OC)ccc1N1CCCCC1. The molecule has 0 bridgehead atoms. The molecule has 1 unspecified atom stereocenters. The Hall–Kier alpha value is -3.22. The molecule has 1 saturated heterocycles. The van der Waals surface area contributed by atoms with Gasteiger partial charge in [0.25, 0.3) is 11.8 Å². The van der Waals surface area contributed by atoms with Crippen LogP contribution in [0.1, 0.15) is 60.2 Å². The molecular weight excluding hydrogens is 406 g/mol. The average molecular weight is 440 g/mol. The van der Waals surface area contributed by atoms with E-state index in [0.29, 0.717) is 28.3 Å². The molecule has 0 radical (unpaired) electrons. The maximum atomic E-state index is 13.1. The highest BCUT2D eigenvalue weighted by Crippen LogP contribution is 2.31. The standard InChI is InChI=1S/C25H33N3O4/c1-5-17(2)26-24(29)19-16-18(12-13-20(19)28-14-7-6-8-15-28)27-25(30)23-21(31-3)10-9-11-22(23)32-4/h9-13,16-17H,5-8,14-15H2,1-4H3,(H,26,29)(H,27,30). The number of carbonyl (C=O) groups is 2. The zero-order chi connectivity index (χ0) is 23.1. The lowest BCUT2D eigenvalue weighted by atomic mass is 10.0. The van der Waals surface area contributed by atoms with Crippen molar-refractivity contribution in [3.05, 3.63) is 47.5 Å². The molecule has 7 heteroatoms. The van der Waals surface area contributed by atoms with Gasteiger partial charge in [-0.25, -0.2) is 0 Å². The van der Waals surface area contributed by atoms with Crippen LogP contribution in [0.15, 0.2) is 36.4 Å². The number of ether oxygens (including phenoxy) is 2. The van der Waals surface area contributed by atoms with Crippen LogP contribution < -0.4 is 25.0 Å². The highest BCUT2D eigenvalue weighted by molar-refractivity contribution is 6.09. The van der Waals surface area contributed by atoms with E-state index in [4.69, 9.17) is 9.47 Å². The predicted molar refractivity (Wildman–Crippen MR) is 127 cm³/mol. The average Bonchev–Trinajstić information content (AvgIpc) is 2.83. The van der Waals surface area contributed by atoms with Crippen molar-refractivity contribution in [2.75, 3.05) is 37.5 Å². The summed E-state index contributed by atoms with van der Waals surface area (Å²) in [5.41, 5.74) is 2.32. The lowest BCUT2D eigenvalue weighted by Gasteiger charge is -2.31. The van der Waals surface area contributed by atoms with Gasteiger partial charge in [0.05, 0.1) is 19.8 Å². The van der Waals surface area contributed by atoms with Crippen LogP contribution in [0.5, 0.6) is 11.5 Å². The number of nitrogens with one attached hydrogen (secondary N) is 2. The Bertz CT molecular complexity index is 932. The summed E-state index contributed by atoms with van der Waals surface area (Å²) in [5, 5.41) is 5.96. The molecule has 2 amide bonds. The van der Waals surface area contributed by atoms with Crippen LogP contribution in [-0.4, -0.2) is 45.2 Å². The Kier molecular flexibility index (Phi) is 7.98. The first-order valence-corrected chi connectivity index (χ1v) is 11.2. The van der Waals surface area contributed by atoms with Gasteiger partial charge >= 0.3 is 0 Å². The summed E-state index contributed by atoms with van der Waals surface area (Å²) in [5.74, 6) is 0.340. The van der Waals surface area contributed by atoms with E-state index in [1.807, 2.05) is 26.0 Å². The topological polar surface area (TPSA) is 79.9 Å². The van der Waals surface area contributed by atoms with E-state index in [1.54, 1.807) is 24.3 Å². The van der Waals surface area contributed by atoms with E-state index in [-0.39, 0.29) is 17.9 Å². The summed E-state index contributed by atoms with van der Waals surface area (Å²) in [6.07, 6.45) is 4.27. The van der Waals surface area contributed by atoms with E-state index in [0.717, 1.165) is 38.0 Å². The second kappa shape index (κ2) is 10.9. The normalized spacial score (nSPS) is 14.4. The van der Waals surface area contributed by atoms with Crippen LogP contribution in [0.2, 0.25) is 0 Å². The number of methoxy groups -OCH3 is 2. The molecular formula is C25H33N3O4. The number of amides is 2. The lowest BCUT2D eigenvalue weighted by molar-refractivity contribution is 0.0938. The number of rotatable bonds is 8. The van der Waals surface area contributed by atoms with Gasteiger partial charge in [-0.2, -0.15) is 0 Å². The molecule has 0 spiro atoms. The molecule has 1 aliphatic rings. The van der Waals surface area contributed by atoms with Crippen molar-refractivity contribution in [3.8, 4) is 11.5 Å². The number of nitrogens with zero attached hydrogens (tertiary/aromatic N) is 1. The minimum absolute atomic E-state index is 0.0628. The summed E-state index contributed by atoms with van der Waals surface area (Å²) < 4.78 is 10.7. The van der Waals surface area contributed by atoms with Crippen molar-refractivity contribution in [1.29, 1.82) is 0 Å². The second-order valence-corrected chi connectivity index (χ2v) is 8.05. The molecule has 2 N–H and O–H groups in total. The Morgan fingerprint density at radius 1 is 1.00 bits per heavy atom. The molecule has 1 heterocycles. The van der Waals surface area contributed by atoms with Gasteiger partial charge in [-0.05, 0) is 62.9 Å². The third-order valence-electron chi connectivity index (χ3n) is 5.84. The van der Waals surface area contributed by atoms with Crippen molar-refractivity contribution >= 4 is 23.2 Å². The molecule has 32 heavy (non-hydrogen) atoms. The Balaban J connectivity index is 1.93. The summed E-state index contributed by atoms with van der Waals surface area (Å²) >= 11 is 0. The highest BCUT2D eigenvalue weighted by Gasteiger charge is 2.22. The van der Waals surface area contributed by atoms with Gasteiger partial charge in [-0.1, -0.05) is 13.0 Å². The summed E-state index contributed by atoms with van der Waals surface area (Å²) in [4.78, 5) is 28.4. The summed E-state index contributed by atoms with van der Waals surface area (Å²) in [7, 11) is 3.02. The van der Waals surface area contributed by atoms with Gasteiger partial charge in [0.2, 0.25) is 0 Å². The fourth-order valence-corrected chi connectivity index (χ4v) is 3.88. The zero-order valence-corrected chi connectivity index (χ0v) is 19.4. The molecule has 2 aromatic rings. The molecule has 1 atom stereocenters. The number of anilines is 2. The van der Waals surface area contributed by atoms with E-state index in [1.165, 1.54) is 20.6 Å². The maximum absolute atomic E-state index is 13.1. The molecule has 2 aromatic carbocycles. The summed E-state index contributed by atoms with van der Waals surface area (Å²) in [6.45, 7) is 5.87. The zero-order valence-electron chi connectivity index (χ0n) is 19.4. The Labute approximate surface area is 190 Å². The van der Waals surface area contributed by atoms with Gasteiger partial charge in [0.15, 0.2) is 0 Å². The number of hydrogen-bond acceptors (Lipinski definition) is 5. The van der Waals surface area contributed by atoms with Crippen LogP contribution in [0.3, 0.4) is 0 Å². The fraction of sp³-hybridized carbons (Fsp3) is 0.440.